The topological polar surface area (TPSA) is 60.2 Å². The first-order valence-corrected chi connectivity index (χ1v) is 8.17. The average Bonchev–Trinajstić information content (AvgIpc) is 2.41. The van der Waals surface area contributed by atoms with Gasteiger partial charge in [-0.15, -0.1) is 0 Å². The molecular weight excluding hydrogens is 320 g/mol. The fraction of sp³-hybridized carbons (Fsp3) is 0.143. The Morgan fingerprint density at radius 3 is 2.38 bits per heavy atom. The lowest BCUT2D eigenvalue weighted by molar-refractivity contribution is 0.506. The zero-order valence-electron chi connectivity index (χ0n) is 11.0. The molecule has 0 saturated heterocycles. The van der Waals surface area contributed by atoms with Crippen molar-refractivity contribution >= 4 is 21.4 Å². The molecule has 2 aromatic rings. The van der Waals surface area contributed by atoms with E-state index >= 15 is 0 Å². The Kier molecular flexibility index (Phi) is 4.32. The van der Waals surface area contributed by atoms with Crippen molar-refractivity contribution in [2.45, 2.75) is 10.9 Å². The van der Waals surface area contributed by atoms with Gasteiger partial charge in [0.25, 0.3) is 0 Å². The molecule has 0 aromatic heterocycles. The second-order valence-corrected chi connectivity index (χ2v) is 7.03. The summed E-state index contributed by atoms with van der Waals surface area (Å²) in [7, 11) is -3.39. The molecule has 0 spiro atoms. The Morgan fingerprint density at radius 2 is 1.76 bits per heavy atom. The van der Waals surface area contributed by atoms with Crippen LogP contribution in [0.3, 0.4) is 0 Å². The molecule has 0 bridgehead atoms. The third-order valence-electron chi connectivity index (χ3n) is 3.02. The van der Waals surface area contributed by atoms with Crippen LogP contribution in [0.5, 0.6) is 0 Å². The molecular formula is C14H12ClF2NO2S. The number of benzene rings is 2. The highest BCUT2D eigenvalue weighted by atomic mass is 35.5. The van der Waals surface area contributed by atoms with Gasteiger partial charge in [0.15, 0.2) is 21.5 Å². The summed E-state index contributed by atoms with van der Waals surface area (Å²) < 4.78 is 49.5. The molecule has 2 aromatic carbocycles. The summed E-state index contributed by atoms with van der Waals surface area (Å²) in [5.41, 5.74) is 6.60. The molecule has 0 heterocycles. The maximum atomic E-state index is 13.3. The first-order valence-electron chi connectivity index (χ1n) is 5.90. The number of sulfone groups is 1. The van der Waals surface area contributed by atoms with Gasteiger partial charge in [-0.05, 0) is 35.4 Å². The minimum atomic E-state index is -3.39. The van der Waals surface area contributed by atoms with E-state index in [0.717, 1.165) is 18.4 Å². The highest BCUT2D eigenvalue weighted by Gasteiger charge is 2.18. The third-order valence-corrected chi connectivity index (χ3v) is 4.46. The molecule has 7 heteroatoms. The minimum absolute atomic E-state index is 0.0221. The predicted molar refractivity (Wildman–Crippen MR) is 77.0 cm³/mol. The summed E-state index contributed by atoms with van der Waals surface area (Å²) >= 11 is 5.87. The minimum Gasteiger partial charge on any atom is -0.320 e. The van der Waals surface area contributed by atoms with Crippen molar-refractivity contribution in [2.24, 2.45) is 5.73 Å². The molecule has 0 aliphatic rings. The van der Waals surface area contributed by atoms with Gasteiger partial charge in [-0.25, -0.2) is 17.2 Å². The van der Waals surface area contributed by atoms with Gasteiger partial charge in [0, 0.05) is 11.3 Å². The van der Waals surface area contributed by atoms with Crippen molar-refractivity contribution < 1.29 is 17.2 Å². The number of nitrogens with two attached hydrogens (primary N) is 1. The van der Waals surface area contributed by atoms with Crippen LogP contribution in [-0.2, 0) is 9.84 Å². The normalized spacial score (nSPS) is 13.2. The van der Waals surface area contributed by atoms with Gasteiger partial charge < -0.3 is 5.73 Å². The lowest BCUT2D eigenvalue weighted by Crippen LogP contribution is -2.14. The van der Waals surface area contributed by atoms with Crippen molar-refractivity contribution in [3.05, 3.63) is 64.2 Å². The van der Waals surface area contributed by atoms with Crippen LogP contribution >= 0.6 is 11.6 Å². The Morgan fingerprint density at radius 1 is 1.14 bits per heavy atom. The van der Waals surface area contributed by atoms with Gasteiger partial charge >= 0.3 is 0 Å². The van der Waals surface area contributed by atoms with Crippen molar-refractivity contribution in [3.8, 4) is 0 Å². The van der Waals surface area contributed by atoms with Crippen LogP contribution in [0.15, 0.2) is 41.3 Å². The molecule has 0 saturated carbocycles. The summed E-state index contributed by atoms with van der Waals surface area (Å²) in [4.78, 5) is 0.0918. The fourth-order valence-electron chi connectivity index (χ4n) is 1.89. The lowest BCUT2D eigenvalue weighted by atomic mass is 9.99. The van der Waals surface area contributed by atoms with Crippen molar-refractivity contribution in [3.63, 3.8) is 0 Å². The number of hydrogen-bond acceptors (Lipinski definition) is 3. The Bertz CT molecular complexity index is 794. The molecule has 0 fully saturated rings. The molecule has 2 N–H and O–H groups in total. The van der Waals surface area contributed by atoms with Gasteiger partial charge in [0.2, 0.25) is 0 Å². The van der Waals surface area contributed by atoms with Crippen LogP contribution in [0.4, 0.5) is 8.78 Å². The maximum Gasteiger partial charge on any atom is 0.175 e. The van der Waals surface area contributed by atoms with Gasteiger partial charge in [0.1, 0.15) is 0 Å². The van der Waals surface area contributed by atoms with Crippen molar-refractivity contribution in [1.29, 1.82) is 0 Å². The SMILES string of the molecule is CS(=O)(=O)c1cccc(C(N)c2cc(F)c(F)cc2Cl)c1. The summed E-state index contributed by atoms with van der Waals surface area (Å²) in [5, 5.41) is -0.0221. The van der Waals surface area contributed by atoms with Gasteiger partial charge in [-0.1, -0.05) is 23.7 Å². The van der Waals surface area contributed by atoms with E-state index < -0.39 is 27.5 Å². The van der Waals surface area contributed by atoms with E-state index in [1.165, 1.54) is 18.2 Å². The maximum absolute atomic E-state index is 13.3. The van der Waals surface area contributed by atoms with E-state index in [9.17, 15) is 17.2 Å². The van der Waals surface area contributed by atoms with Gasteiger partial charge in [0.05, 0.1) is 10.9 Å². The molecule has 0 amide bonds. The second kappa shape index (κ2) is 5.71. The molecule has 21 heavy (non-hydrogen) atoms. The van der Waals surface area contributed by atoms with E-state index in [1.807, 2.05) is 0 Å². The summed E-state index contributed by atoms with van der Waals surface area (Å²) in [6.07, 6.45) is 1.07. The van der Waals surface area contributed by atoms with E-state index in [-0.39, 0.29) is 15.5 Å². The summed E-state index contributed by atoms with van der Waals surface area (Å²) in [5.74, 6) is -2.13. The number of rotatable bonds is 3. The zero-order valence-corrected chi connectivity index (χ0v) is 12.5. The van der Waals surface area contributed by atoms with Crippen LogP contribution in [0.1, 0.15) is 17.2 Å². The van der Waals surface area contributed by atoms with Crippen molar-refractivity contribution in [1.82, 2.24) is 0 Å². The van der Waals surface area contributed by atoms with Crippen LogP contribution in [0.25, 0.3) is 0 Å². The molecule has 0 aliphatic heterocycles. The third kappa shape index (κ3) is 3.40. The fourth-order valence-corrected chi connectivity index (χ4v) is 2.84. The van der Waals surface area contributed by atoms with Crippen LogP contribution in [0, 0.1) is 11.6 Å². The van der Waals surface area contributed by atoms with E-state index in [1.54, 1.807) is 6.07 Å². The van der Waals surface area contributed by atoms with Crippen LogP contribution < -0.4 is 5.73 Å². The highest BCUT2D eigenvalue weighted by molar-refractivity contribution is 7.90. The first-order chi connectivity index (χ1) is 9.70. The second-order valence-electron chi connectivity index (χ2n) is 4.61. The largest absolute Gasteiger partial charge is 0.320 e. The molecule has 0 aliphatic carbocycles. The molecule has 0 radical (unpaired) electrons. The summed E-state index contributed by atoms with van der Waals surface area (Å²) in [6, 6.07) is 6.82. The Balaban J connectivity index is 2.50. The highest BCUT2D eigenvalue weighted by Crippen LogP contribution is 2.29. The number of halogens is 3. The van der Waals surface area contributed by atoms with Crippen LogP contribution in [0.2, 0.25) is 5.02 Å². The quantitative estimate of drug-likeness (QED) is 0.879. The monoisotopic (exact) mass is 331 g/mol. The van der Waals surface area contributed by atoms with Gasteiger partial charge in [-0.3, -0.25) is 0 Å². The Labute approximate surface area is 126 Å². The first kappa shape index (κ1) is 15.9. The average molecular weight is 332 g/mol. The lowest BCUT2D eigenvalue weighted by Gasteiger charge is -2.15. The molecule has 2 rings (SSSR count). The van der Waals surface area contributed by atoms with Gasteiger partial charge in [-0.2, -0.15) is 0 Å². The Hall–Kier alpha value is -1.50. The molecule has 1 atom stereocenters. The molecule has 112 valence electrons. The number of hydrogen-bond donors (Lipinski definition) is 1. The smallest absolute Gasteiger partial charge is 0.175 e. The molecule has 3 nitrogen and oxygen atoms in total. The summed E-state index contributed by atoms with van der Waals surface area (Å²) in [6.45, 7) is 0. The van der Waals surface area contributed by atoms with Crippen molar-refractivity contribution in [2.75, 3.05) is 6.26 Å². The van der Waals surface area contributed by atoms with Crippen LogP contribution in [-0.4, -0.2) is 14.7 Å². The molecule has 1 unspecified atom stereocenters. The zero-order chi connectivity index (χ0) is 15.8. The van der Waals surface area contributed by atoms with E-state index in [2.05, 4.69) is 0 Å². The van der Waals surface area contributed by atoms with E-state index in [0.29, 0.717) is 5.56 Å². The predicted octanol–water partition coefficient (Wildman–Crippen LogP) is 3.07. The standard InChI is InChI=1S/C14H12ClF2NO2S/c1-21(19,20)9-4-2-3-8(5-9)14(18)10-6-12(16)13(17)7-11(10)15/h2-7,14H,18H2,1H3. The van der Waals surface area contributed by atoms with E-state index in [4.69, 9.17) is 17.3 Å².